The van der Waals surface area contributed by atoms with Gasteiger partial charge in [0.25, 0.3) is 0 Å². The molecule has 21 heavy (non-hydrogen) atoms. The Hall–Kier alpha value is -0.220. The van der Waals surface area contributed by atoms with Crippen molar-refractivity contribution in [1.82, 2.24) is 10.2 Å². The van der Waals surface area contributed by atoms with E-state index in [1.54, 1.807) is 0 Å². The Balaban J connectivity index is 1.66. The summed E-state index contributed by atoms with van der Waals surface area (Å²) < 4.78 is 0. The molecule has 3 nitrogen and oxygen atoms in total. The van der Waals surface area contributed by atoms with E-state index in [9.17, 15) is 4.79 Å². The first-order valence-corrected chi connectivity index (χ1v) is 10.0. The number of amides is 1. The number of carbonyl (C=O) groups excluding carboxylic acids is 1. The molecule has 0 aromatic heterocycles. The van der Waals surface area contributed by atoms with Crippen molar-refractivity contribution in [2.45, 2.75) is 82.2 Å². The maximum absolute atomic E-state index is 12.8. The minimum Gasteiger partial charge on any atom is -0.324 e. The van der Waals surface area contributed by atoms with Crippen LogP contribution in [-0.4, -0.2) is 40.6 Å². The predicted octanol–water partition coefficient (Wildman–Crippen LogP) is 3.39. The number of carbonyl (C=O) groups is 1. The van der Waals surface area contributed by atoms with Crippen molar-refractivity contribution in [3.05, 3.63) is 0 Å². The van der Waals surface area contributed by atoms with Crippen molar-refractivity contribution < 1.29 is 4.79 Å². The third-order valence-corrected chi connectivity index (χ3v) is 6.79. The van der Waals surface area contributed by atoms with E-state index in [0.717, 1.165) is 19.4 Å². The summed E-state index contributed by atoms with van der Waals surface area (Å²) in [4.78, 5) is 15.1. The summed E-state index contributed by atoms with van der Waals surface area (Å²) >= 11 is 2.07. The molecule has 1 N–H and O–H groups in total. The van der Waals surface area contributed by atoms with E-state index in [4.69, 9.17) is 0 Å². The third kappa shape index (κ3) is 3.58. The standard InChI is InChI=1S/C17H30N2OS/c1-2-3-10-15-17(20)19(12-14-9-6-11-21-14)16(18-15)13-7-4-5-8-13/h13-16,18H,2-12H2,1H3. The first-order chi connectivity index (χ1) is 10.3. The minimum absolute atomic E-state index is 0.0990. The van der Waals surface area contributed by atoms with Crippen molar-refractivity contribution in [2.75, 3.05) is 12.3 Å². The quantitative estimate of drug-likeness (QED) is 0.816. The molecule has 4 heteroatoms. The van der Waals surface area contributed by atoms with Gasteiger partial charge in [0.15, 0.2) is 0 Å². The summed E-state index contributed by atoms with van der Waals surface area (Å²) in [5, 5.41) is 4.39. The summed E-state index contributed by atoms with van der Waals surface area (Å²) in [7, 11) is 0. The van der Waals surface area contributed by atoms with E-state index >= 15 is 0 Å². The van der Waals surface area contributed by atoms with Gasteiger partial charge in [0, 0.05) is 11.8 Å². The molecule has 2 aliphatic heterocycles. The Morgan fingerprint density at radius 1 is 1.24 bits per heavy atom. The van der Waals surface area contributed by atoms with Crippen LogP contribution in [0.1, 0.15) is 64.7 Å². The van der Waals surface area contributed by atoms with Crippen LogP contribution in [0.5, 0.6) is 0 Å². The monoisotopic (exact) mass is 310 g/mol. The molecule has 0 radical (unpaired) electrons. The van der Waals surface area contributed by atoms with Crippen LogP contribution in [0.2, 0.25) is 0 Å². The highest BCUT2D eigenvalue weighted by atomic mass is 32.2. The van der Waals surface area contributed by atoms with Gasteiger partial charge in [-0.05, 0) is 43.8 Å². The van der Waals surface area contributed by atoms with E-state index < -0.39 is 0 Å². The number of nitrogens with zero attached hydrogens (tertiary/aromatic N) is 1. The van der Waals surface area contributed by atoms with Gasteiger partial charge in [0.1, 0.15) is 0 Å². The van der Waals surface area contributed by atoms with E-state index in [1.165, 1.54) is 50.7 Å². The van der Waals surface area contributed by atoms with Gasteiger partial charge in [-0.15, -0.1) is 0 Å². The topological polar surface area (TPSA) is 32.3 Å². The molecule has 0 aromatic rings. The number of rotatable bonds is 6. The lowest BCUT2D eigenvalue weighted by molar-refractivity contribution is -0.130. The lowest BCUT2D eigenvalue weighted by Gasteiger charge is -2.30. The molecule has 1 amide bonds. The van der Waals surface area contributed by atoms with Crippen LogP contribution in [-0.2, 0) is 4.79 Å². The average Bonchev–Trinajstić information content (AvgIpc) is 3.21. The first-order valence-electron chi connectivity index (χ1n) is 8.97. The lowest BCUT2D eigenvalue weighted by atomic mass is 10.0. The fourth-order valence-corrected chi connectivity index (χ4v) is 5.46. The van der Waals surface area contributed by atoms with Gasteiger partial charge in [-0.2, -0.15) is 11.8 Å². The van der Waals surface area contributed by atoms with Gasteiger partial charge >= 0.3 is 0 Å². The van der Waals surface area contributed by atoms with E-state index in [1.807, 2.05) is 0 Å². The fourth-order valence-electron chi connectivity index (χ4n) is 4.19. The van der Waals surface area contributed by atoms with E-state index in [0.29, 0.717) is 23.2 Å². The Morgan fingerprint density at radius 2 is 2.05 bits per heavy atom. The van der Waals surface area contributed by atoms with Crippen LogP contribution in [0.4, 0.5) is 0 Å². The van der Waals surface area contributed by atoms with Crippen molar-refractivity contribution in [1.29, 1.82) is 0 Å². The SMILES string of the molecule is CCCCC1NC(C2CCCC2)N(CC2CCCS2)C1=O. The highest BCUT2D eigenvalue weighted by Crippen LogP contribution is 2.35. The predicted molar refractivity (Wildman–Crippen MR) is 89.4 cm³/mol. The number of unbranched alkanes of at least 4 members (excludes halogenated alkanes) is 1. The number of hydrogen-bond donors (Lipinski definition) is 1. The molecule has 3 atom stereocenters. The van der Waals surface area contributed by atoms with Crippen molar-refractivity contribution >= 4 is 17.7 Å². The Labute approximate surface area is 133 Å². The van der Waals surface area contributed by atoms with Crippen molar-refractivity contribution in [3.8, 4) is 0 Å². The fraction of sp³-hybridized carbons (Fsp3) is 0.941. The number of nitrogens with one attached hydrogen (secondary N) is 1. The van der Waals surface area contributed by atoms with Crippen LogP contribution < -0.4 is 5.32 Å². The molecule has 2 heterocycles. The average molecular weight is 311 g/mol. The number of thioether (sulfide) groups is 1. The molecule has 3 rings (SSSR count). The maximum atomic E-state index is 12.8. The van der Waals surface area contributed by atoms with Crippen LogP contribution in [0, 0.1) is 5.92 Å². The van der Waals surface area contributed by atoms with Crippen molar-refractivity contribution in [2.24, 2.45) is 5.92 Å². The lowest BCUT2D eigenvalue weighted by Crippen LogP contribution is -2.45. The number of hydrogen-bond acceptors (Lipinski definition) is 3. The van der Waals surface area contributed by atoms with Gasteiger partial charge in [-0.1, -0.05) is 32.6 Å². The third-order valence-electron chi connectivity index (χ3n) is 5.41. The second-order valence-corrected chi connectivity index (χ2v) is 8.38. The molecule has 3 fully saturated rings. The zero-order valence-corrected chi connectivity index (χ0v) is 14.2. The Morgan fingerprint density at radius 3 is 2.71 bits per heavy atom. The summed E-state index contributed by atoms with van der Waals surface area (Å²) in [6.45, 7) is 3.20. The highest BCUT2D eigenvalue weighted by Gasteiger charge is 2.43. The molecular weight excluding hydrogens is 280 g/mol. The second kappa shape index (κ2) is 7.36. The van der Waals surface area contributed by atoms with Gasteiger partial charge in [-0.25, -0.2) is 0 Å². The van der Waals surface area contributed by atoms with Crippen molar-refractivity contribution in [3.63, 3.8) is 0 Å². The zero-order chi connectivity index (χ0) is 14.7. The van der Waals surface area contributed by atoms with E-state index in [-0.39, 0.29) is 6.04 Å². The summed E-state index contributed by atoms with van der Waals surface area (Å²) in [5.41, 5.74) is 0. The second-order valence-electron chi connectivity index (χ2n) is 6.98. The maximum Gasteiger partial charge on any atom is 0.241 e. The van der Waals surface area contributed by atoms with Crippen LogP contribution in [0.25, 0.3) is 0 Å². The molecule has 1 saturated carbocycles. The first kappa shape index (κ1) is 15.7. The Kier molecular flexibility index (Phi) is 5.49. The summed E-state index contributed by atoms with van der Waals surface area (Å²) in [5.74, 6) is 2.38. The largest absolute Gasteiger partial charge is 0.324 e. The summed E-state index contributed by atoms with van der Waals surface area (Å²) in [6.07, 6.45) is 11.6. The van der Waals surface area contributed by atoms with Crippen LogP contribution in [0.3, 0.4) is 0 Å². The van der Waals surface area contributed by atoms with Gasteiger partial charge < -0.3 is 4.90 Å². The van der Waals surface area contributed by atoms with E-state index in [2.05, 4.69) is 28.9 Å². The molecule has 0 bridgehead atoms. The van der Waals surface area contributed by atoms with Gasteiger partial charge in [0.2, 0.25) is 5.91 Å². The zero-order valence-electron chi connectivity index (χ0n) is 13.4. The summed E-state index contributed by atoms with van der Waals surface area (Å²) in [6, 6.07) is 0.0990. The molecule has 120 valence electrons. The molecule has 2 saturated heterocycles. The normalized spacial score (nSPS) is 34.2. The molecule has 3 aliphatic rings. The minimum atomic E-state index is 0.0990. The molecular formula is C17H30N2OS. The smallest absolute Gasteiger partial charge is 0.241 e. The van der Waals surface area contributed by atoms with Gasteiger partial charge in [0.05, 0.1) is 12.2 Å². The van der Waals surface area contributed by atoms with Crippen LogP contribution in [0.15, 0.2) is 0 Å². The Bertz CT molecular complexity index is 351. The molecule has 1 aliphatic carbocycles. The molecule has 0 spiro atoms. The van der Waals surface area contributed by atoms with Gasteiger partial charge in [-0.3, -0.25) is 10.1 Å². The highest BCUT2D eigenvalue weighted by molar-refractivity contribution is 8.00. The molecule has 3 unspecified atom stereocenters. The van der Waals surface area contributed by atoms with Crippen LogP contribution >= 0.6 is 11.8 Å². The molecule has 0 aromatic carbocycles.